The minimum Gasteiger partial charge on any atom is -0.351 e. The summed E-state index contributed by atoms with van der Waals surface area (Å²) in [5.41, 5.74) is 0.388. The molecule has 1 aliphatic rings. The first-order chi connectivity index (χ1) is 16.4. The monoisotopic (exact) mass is 563 g/mol. The predicted molar refractivity (Wildman–Crippen MR) is 139 cm³/mol. The van der Waals surface area contributed by atoms with E-state index in [0.29, 0.717) is 41.4 Å². The van der Waals surface area contributed by atoms with Gasteiger partial charge in [0.15, 0.2) is 0 Å². The molecule has 11 heteroatoms. The molecule has 0 saturated carbocycles. The fourth-order valence-corrected chi connectivity index (χ4v) is 5.47. The number of sulfonamides is 1. The van der Waals surface area contributed by atoms with Crippen LogP contribution in [0, 0.1) is 5.82 Å². The second-order valence-corrected chi connectivity index (χ2v) is 12.1. The van der Waals surface area contributed by atoms with E-state index in [0.717, 1.165) is 18.7 Å². The number of nitrogens with zero attached hydrogens (tertiary/aromatic N) is 1. The number of rotatable bonds is 9. The first kappa shape index (κ1) is 28.2. The molecule has 0 aromatic heterocycles. The van der Waals surface area contributed by atoms with Gasteiger partial charge in [0.1, 0.15) is 5.82 Å². The van der Waals surface area contributed by atoms with Crippen LogP contribution in [0.4, 0.5) is 4.39 Å². The smallest absolute Gasteiger partial charge is 0.230 e. The summed E-state index contributed by atoms with van der Waals surface area (Å²) >= 11 is 18.1. The van der Waals surface area contributed by atoms with Gasteiger partial charge >= 0.3 is 0 Å². The zero-order chi connectivity index (χ0) is 25.8. The highest BCUT2D eigenvalue weighted by atomic mass is 35.5. The van der Waals surface area contributed by atoms with Crippen molar-refractivity contribution in [2.75, 3.05) is 25.9 Å². The molecule has 0 spiro atoms. The normalized spacial score (nSPS) is 17.2. The van der Waals surface area contributed by atoms with Crippen LogP contribution in [0.2, 0.25) is 15.1 Å². The van der Waals surface area contributed by atoms with Gasteiger partial charge in [-0.2, -0.15) is 0 Å². The standard InChI is InChI=1S/C24H29Cl3FN3O3S/c1-24(17-4-6-19(25)21(27)14-17,23(32)29-15-16-3-5-20(26)22(28)13-16)9-12-31-10-7-18(8-11-31)30-35(2,33)34/h3-6,13-14,18,30H,7-12,15H2,1-2H3,(H,29,32). The zero-order valence-corrected chi connectivity index (χ0v) is 22.7. The third-order valence-corrected chi connectivity index (χ3v) is 8.20. The maximum atomic E-state index is 13.8. The number of benzene rings is 2. The average molecular weight is 565 g/mol. The zero-order valence-electron chi connectivity index (χ0n) is 19.6. The van der Waals surface area contributed by atoms with E-state index in [1.807, 2.05) is 6.92 Å². The van der Waals surface area contributed by atoms with Gasteiger partial charge in [-0.25, -0.2) is 17.5 Å². The lowest BCUT2D eigenvalue weighted by molar-refractivity contribution is -0.126. The topological polar surface area (TPSA) is 78.5 Å². The summed E-state index contributed by atoms with van der Waals surface area (Å²) in [6, 6.07) is 9.50. The van der Waals surface area contributed by atoms with Gasteiger partial charge in [-0.15, -0.1) is 0 Å². The summed E-state index contributed by atoms with van der Waals surface area (Å²) in [6.07, 6.45) is 3.06. The van der Waals surface area contributed by atoms with Crippen molar-refractivity contribution in [2.45, 2.75) is 44.2 Å². The largest absolute Gasteiger partial charge is 0.351 e. The van der Waals surface area contributed by atoms with E-state index >= 15 is 0 Å². The number of carbonyl (C=O) groups is 1. The quantitative estimate of drug-likeness (QED) is 0.460. The molecule has 2 N–H and O–H groups in total. The van der Waals surface area contributed by atoms with Gasteiger partial charge in [-0.1, -0.05) is 46.9 Å². The van der Waals surface area contributed by atoms with Crippen LogP contribution in [-0.4, -0.2) is 51.2 Å². The van der Waals surface area contributed by atoms with Gasteiger partial charge < -0.3 is 10.2 Å². The summed E-state index contributed by atoms with van der Waals surface area (Å²) in [6.45, 7) is 4.06. The number of nitrogens with one attached hydrogen (secondary N) is 2. The van der Waals surface area contributed by atoms with Gasteiger partial charge in [0.25, 0.3) is 0 Å². The summed E-state index contributed by atoms with van der Waals surface area (Å²) < 4.78 is 39.5. The highest BCUT2D eigenvalue weighted by molar-refractivity contribution is 7.88. The first-order valence-electron chi connectivity index (χ1n) is 11.2. The van der Waals surface area contributed by atoms with Crippen molar-refractivity contribution >= 4 is 50.7 Å². The Bertz CT molecular complexity index is 1170. The molecular formula is C24H29Cl3FN3O3S. The van der Waals surface area contributed by atoms with E-state index in [9.17, 15) is 17.6 Å². The maximum absolute atomic E-state index is 13.8. The van der Waals surface area contributed by atoms with Gasteiger partial charge in [0.2, 0.25) is 15.9 Å². The van der Waals surface area contributed by atoms with Crippen LogP contribution >= 0.6 is 34.8 Å². The Morgan fingerprint density at radius 1 is 1.09 bits per heavy atom. The second kappa shape index (κ2) is 11.8. The first-order valence-corrected chi connectivity index (χ1v) is 14.3. The molecule has 0 aliphatic carbocycles. The number of halogens is 4. The molecule has 1 aliphatic heterocycles. The van der Waals surface area contributed by atoms with E-state index in [1.165, 1.54) is 18.4 Å². The number of carbonyl (C=O) groups excluding carboxylic acids is 1. The number of piperidine rings is 1. The van der Waals surface area contributed by atoms with E-state index in [2.05, 4.69) is 14.9 Å². The minimum absolute atomic E-state index is 0.0243. The minimum atomic E-state index is -3.24. The lowest BCUT2D eigenvalue weighted by Gasteiger charge is -2.35. The molecule has 2 aromatic rings. The van der Waals surface area contributed by atoms with Crippen molar-refractivity contribution in [2.24, 2.45) is 0 Å². The van der Waals surface area contributed by atoms with Crippen LogP contribution in [0.1, 0.15) is 37.3 Å². The molecule has 1 atom stereocenters. The molecule has 0 bridgehead atoms. The highest BCUT2D eigenvalue weighted by Crippen LogP contribution is 2.33. The maximum Gasteiger partial charge on any atom is 0.230 e. The van der Waals surface area contributed by atoms with E-state index < -0.39 is 21.3 Å². The summed E-state index contributed by atoms with van der Waals surface area (Å²) in [5.74, 6) is -0.765. The Balaban J connectivity index is 1.71. The van der Waals surface area contributed by atoms with Crippen molar-refractivity contribution in [1.29, 1.82) is 0 Å². The third kappa shape index (κ3) is 7.78. The summed E-state index contributed by atoms with van der Waals surface area (Å²) in [7, 11) is -3.24. The Morgan fingerprint density at radius 3 is 2.34 bits per heavy atom. The van der Waals surface area contributed by atoms with Gasteiger partial charge in [0, 0.05) is 12.6 Å². The highest BCUT2D eigenvalue weighted by Gasteiger charge is 2.36. The van der Waals surface area contributed by atoms with E-state index in [1.54, 1.807) is 24.3 Å². The molecule has 1 amide bonds. The molecule has 1 unspecified atom stereocenters. The Morgan fingerprint density at radius 2 is 1.74 bits per heavy atom. The van der Waals surface area contributed by atoms with E-state index in [4.69, 9.17) is 34.8 Å². The number of amides is 1. The summed E-state index contributed by atoms with van der Waals surface area (Å²) in [4.78, 5) is 15.7. The summed E-state index contributed by atoms with van der Waals surface area (Å²) in [5, 5.41) is 3.70. The van der Waals surface area contributed by atoms with Gasteiger partial charge in [-0.3, -0.25) is 4.79 Å². The predicted octanol–water partition coefficient (Wildman–Crippen LogP) is 4.76. The Kier molecular flexibility index (Phi) is 9.45. The molecule has 1 saturated heterocycles. The molecule has 6 nitrogen and oxygen atoms in total. The molecule has 1 heterocycles. The molecule has 1 fully saturated rings. The van der Waals surface area contributed by atoms with Crippen LogP contribution in [-0.2, 0) is 26.8 Å². The number of hydrogen-bond acceptors (Lipinski definition) is 4. The van der Waals surface area contributed by atoms with Crippen molar-refractivity contribution < 1.29 is 17.6 Å². The lowest BCUT2D eigenvalue weighted by atomic mass is 9.78. The van der Waals surface area contributed by atoms with Crippen LogP contribution < -0.4 is 10.0 Å². The molecule has 35 heavy (non-hydrogen) atoms. The Hall–Kier alpha value is -1.42. The SMILES string of the molecule is CC(CCN1CCC(NS(C)(=O)=O)CC1)(C(=O)NCc1ccc(Cl)c(F)c1)c1ccc(Cl)c(Cl)c1. The van der Waals surface area contributed by atoms with Crippen LogP contribution in [0.25, 0.3) is 0 Å². The molecule has 3 rings (SSSR count). The van der Waals surface area contributed by atoms with Gasteiger partial charge in [-0.05, 0) is 81.2 Å². The molecule has 192 valence electrons. The van der Waals surface area contributed by atoms with Crippen molar-refractivity contribution in [3.05, 3.63) is 68.4 Å². The molecule has 2 aromatic carbocycles. The molecular weight excluding hydrogens is 536 g/mol. The lowest BCUT2D eigenvalue weighted by Crippen LogP contribution is -2.47. The fraction of sp³-hybridized carbons (Fsp3) is 0.458. The van der Waals surface area contributed by atoms with Crippen LogP contribution in [0.5, 0.6) is 0 Å². The van der Waals surface area contributed by atoms with Crippen LogP contribution in [0.15, 0.2) is 36.4 Å². The van der Waals surface area contributed by atoms with E-state index in [-0.39, 0.29) is 23.5 Å². The number of hydrogen-bond donors (Lipinski definition) is 2. The number of likely N-dealkylation sites (tertiary alicyclic amines) is 1. The molecule has 0 radical (unpaired) electrons. The van der Waals surface area contributed by atoms with Crippen molar-refractivity contribution in [3.63, 3.8) is 0 Å². The fourth-order valence-electron chi connectivity index (χ4n) is 4.21. The van der Waals surface area contributed by atoms with Crippen molar-refractivity contribution in [3.8, 4) is 0 Å². The second-order valence-electron chi connectivity index (χ2n) is 9.15. The van der Waals surface area contributed by atoms with Gasteiger partial charge in [0.05, 0.1) is 26.7 Å². The van der Waals surface area contributed by atoms with Crippen LogP contribution in [0.3, 0.4) is 0 Å². The average Bonchev–Trinajstić information content (AvgIpc) is 2.79. The van der Waals surface area contributed by atoms with Crippen molar-refractivity contribution in [1.82, 2.24) is 14.9 Å². The Labute approximate surface area is 221 Å². The third-order valence-electron chi connectivity index (χ3n) is 6.39.